The quantitative estimate of drug-likeness (QED) is 0.324. The van der Waals surface area contributed by atoms with Crippen LogP contribution in [0.3, 0.4) is 0 Å². The van der Waals surface area contributed by atoms with E-state index in [0.717, 1.165) is 31.9 Å². The highest BCUT2D eigenvalue weighted by Gasteiger charge is 2.21. The van der Waals surface area contributed by atoms with Crippen LogP contribution in [0.2, 0.25) is 0 Å². The number of nitrogens with zero attached hydrogens (tertiary/aromatic N) is 4. The van der Waals surface area contributed by atoms with Gasteiger partial charge in [0.1, 0.15) is 6.10 Å². The van der Waals surface area contributed by atoms with Crippen molar-refractivity contribution in [1.82, 2.24) is 20.8 Å². The van der Waals surface area contributed by atoms with Crippen LogP contribution in [0.4, 0.5) is 5.69 Å². The molecule has 2 aromatic rings. The zero-order valence-electron chi connectivity index (χ0n) is 18.2. The van der Waals surface area contributed by atoms with E-state index in [1.807, 2.05) is 13.8 Å². The van der Waals surface area contributed by atoms with Crippen molar-refractivity contribution in [3.8, 4) is 0 Å². The summed E-state index contributed by atoms with van der Waals surface area (Å²) in [4.78, 5) is 11.1. The smallest absolute Gasteiger partial charge is 0.246 e. The lowest BCUT2D eigenvalue weighted by molar-refractivity contribution is 0.0683. The van der Waals surface area contributed by atoms with E-state index >= 15 is 0 Å². The first kappa shape index (κ1) is 24.4. The molecule has 30 heavy (non-hydrogen) atoms. The minimum Gasteiger partial charge on any atom is -0.371 e. The second kappa shape index (κ2) is 12.1. The number of nitrogens with one attached hydrogen (secondary N) is 2. The van der Waals surface area contributed by atoms with Gasteiger partial charge in [0.05, 0.1) is 6.54 Å². The highest BCUT2D eigenvalue weighted by molar-refractivity contribution is 14.0. The van der Waals surface area contributed by atoms with Gasteiger partial charge in [-0.05, 0) is 45.7 Å². The molecule has 8 nitrogen and oxygen atoms in total. The number of benzene rings is 1. The predicted octanol–water partition coefficient (Wildman–Crippen LogP) is 3.43. The zero-order valence-corrected chi connectivity index (χ0v) is 20.6. The van der Waals surface area contributed by atoms with E-state index in [0.29, 0.717) is 30.9 Å². The Balaban J connectivity index is 0.00000320. The number of hydrogen-bond donors (Lipinski definition) is 2. The summed E-state index contributed by atoms with van der Waals surface area (Å²) >= 11 is 0. The molecule has 0 amide bonds. The number of rotatable bonds is 7. The Hall–Kier alpha value is -1.88. The summed E-state index contributed by atoms with van der Waals surface area (Å²) in [6.07, 6.45) is 2.08. The maximum absolute atomic E-state index is 5.50. The van der Waals surface area contributed by atoms with Crippen molar-refractivity contribution < 1.29 is 9.26 Å². The first-order valence-corrected chi connectivity index (χ1v) is 10.3. The van der Waals surface area contributed by atoms with Crippen LogP contribution in [-0.2, 0) is 11.3 Å². The van der Waals surface area contributed by atoms with Gasteiger partial charge in [-0.15, -0.1) is 24.0 Å². The van der Waals surface area contributed by atoms with E-state index in [9.17, 15) is 0 Å². The molecule has 1 aromatic heterocycles. The maximum Gasteiger partial charge on any atom is 0.246 e. The van der Waals surface area contributed by atoms with E-state index in [1.54, 1.807) is 7.05 Å². The Kier molecular flexibility index (Phi) is 9.83. The van der Waals surface area contributed by atoms with Gasteiger partial charge in [0.25, 0.3) is 0 Å². The summed E-state index contributed by atoms with van der Waals surface area (Å²) in [5.41, 5.74) is 2.55. The molecule has 2 heterocycles. The molecule has 2 atom stereocenters. The van der Waals surface area contributed by atoms with E-state index in [-0.39, 0.29) is 30.1 Å². The first-order valence-electron chi connectivity index (χ1n) is 10.3. The van der Waals surface area contributed by atoms with Crippen molar-refractivity contribution in [1.29, 1.82) is 0 Å². The minimum atomic E-state index is -0.176. The molecule has 0 spiro atoms. The highest BCUT2D eigenvalue weighted by atomic mass is 127. The lowest BCUT2D eigenvalue weighted by Gasteiger charge is -2.35. The van der Waals surface area contributed by atoms with Crippen molar-refractivity contribution in [2.75, 3.05) is 31.6 Å². The fourth-order valence-electron chi connectivity index (χ4n) is 3.46. The number of aliphatic imine (C=N–C) groups is 1. The number of anilines is 1. The molecule has 1 aliphatic rings. The molecule has 1 aliphatic heterocycles. The number of aryl methyl sites for hydroxylation is 1. The van der Waals surface area contributed by atoms with Crippen molar-refractivity contribution in [3.63, 3.8) is 0 Å². The molecular formula is C21H33IN6O2. The van der Waals surface area contributed by atoms with Crippen LogP contribution in [0.25, 0.3) is 0 Å². The molecule has 9 heteroatoms. The van der Waals surface area contributed by atoms with Crippen LogP contribution in [0, 0.1) is 6.92 Å². The van der Waals surface area contributed by atoms with Gasteiger partial charge < -0.3 is 24.8 Å². The summed E-state index contributed by atoms with van der Waals surface area (Å²) in [7, 11) is 1.77. The van der Waals surface area contributed by atoms with E-state index in [4.69, 9.17) is 9.26 Å². The van der Waals surface area contributed by atoms with Crippen LogP contribution in [0.5, 0.6) is 0 Å². The Morgan fingerprint density at radius 3 is 2.83 bits per heavy atom. The highest BCUT2D eigenvalue weighted by Crippen LogP contribution is 2.20. The largest absolute Gasteiger partial charge is 0.371 e. The van der Waals surface area contributed by atoms with Crippen LogP contribution < -0.4 is 15.5 Å². The van der Waals surface area contributed by atoms with E-state index in [1.165, 1.54) is 11.3 Å². The monoisotopic (exact) mass is 528 g/mol. The number of ether oxygens (including phenoxy) is 1. The average molecular weight is 528 g/mol. The average Bonchev–Trinajstić information content (AvgIpc) is 3.21. The first-order chi connectivity index (χ1) is 14.1. The van der Waals surface area contributed by atoms with Crippen LogP contribution in [-0.4, -0.2) is 48.9 Å². The summed E-state index contributed by atoms with van der Waals surface area (Å²) in [5, 5.41) is 10.8. The molecule has 0 saturated carbocycles. The molecule has 3 rings (SSSR count). The third kappa shape index (κ3) is 6.83. The van der Waals surface area contributed by atoms with E-state index < -0.39 is 0 Å². The minimum absolute atomic E-state index is 0. The molecule has 0 aliphatic carbocycles. The normalized spacial score (nSPS) is 17.9. The number of aromatic nitrogens is 2. The second-order valence-corrected chi connectivity index (χ2v) is 7.33. The van der Waals surface area contributed by atoms with Gasteiger partial charge in [0, 0.05) is 38.5 Å². The van der Waals surface area contributed by atoms with Crippen molar-refractivity contribution in [2.45, 2.75) is 52.3 Å². The van der Waals surface area contributed by atoms with Gasteiger partial charge in [0.15, 0.2) is 11.8 Å². The summed E-state index contributed by atoms with van der Waals surface area (Å²) in [6.45, 7) is 9.02. The van der Waals surface area contributed by atoms with Crippen LogP contribution in [0.15, 0.2) is 33.8 Å². The van der Waals surface area contributed by atoms with Crippen LogP contribution >= 0.6 is 24.0 Å². The fourth-order valence-corrected chi connectivity index (χ4v) is 3.46. The molecule has 1 saturated heterocycles. The summed E-state index contributed by atoms with van der Waals surface area (Å²) in [5.74, 6) is 1.81. The van der Waals surface area contributed by atoms with Crippen molar-refractivity contribution in [3.05, 3.63) is 41.5 Å². The standard InChI is InChI=1S/C21H32N6O2.HI/c1-5-28-16(3)20-25-19(29-26-20)13-23-21(22-4)24-17-7-6-12-27(14-17)18-10-8-15(2)9-11-18;/h8-11,16-17H,5-7,12-14H2,1-4H3,(H2,22,23,24);1H. The topological polar surface area (TPSA) is 87.8 Å². The molecule has 2 N–H and O–H groups in total. The van der Waals surface area contributed by atoms with Gasteiger partial charge in [-0.1, -0.05) is 22.9 Å². The lowest BCUT2D eigenvalue weighted by atomic mass is 10.0. The van der Waals surface area contributed by atoms with Crippen molar-refractivity contribution >= 4 is 35.6 Å². The molecule has 166 valence electrons. The zero-order chi connectivity index (χ0) is 20.6. The molecule has 1 aromatic carbocycles. The molecule has 0 radical (unpaired) electrons. The maximum atomic E-state index is 5.50. The Morgan fingerprint density at radius 2 is 2.13 bits per heavy atom. The Bertz CT molecular complexity index is 795. The van der Waals surface area contributed by atoms with Gasteiger partial charge in [0.2, 0.25) is 5.89 Å². The Morgan fingerprint density at radius 1 is 1.37 bits per heavy atom. The SMILES string of the molecule is CCOC(C)c1noc(CNC(=NC)NC2CCCN(c3ccc(C)cc3)C2)n1.I. The molecular weight excluding hydrogens is 495 g/mol. The van der Waals surface area contributed by atoms with E-state index in [2.05, 4.69) is 61.9 Å². The van der Waals surface area contributed by atoms with Gasteiger partial charge in [-0.2, -0.15) is 4.98 Å². The van der Waals surface area contributed by atoms with Crippen LogP contribution in [0.1, 0.15) is 50.1 Å². The molecule has 1 fully saturated rings. The number of halogens is 1. The Labute approximate surface area is 195 Å². The molecule has 0 bridgehead atoms. The fraction of sp³-hybridized carbons (Fsp3) is 0.571. The predicted molar refractivity (Wildman–Crippen MR) is 130 cm³/mol. The lowest BCUT2D eigenvalue weighted by Crippen LogP contribution is -2.51. The second-order valence-electron chi connectivity index (χ2n) is 7.33. The van der Waals surface area contributed by atoms with Crippen molar-refractivity contribution in [2.24, 2.45) is 4.99 Å². The third-order valence-corrected chi connectivity index (χ3v) is 5.06. The van der Waals surface area contributed by atoms with Gasteiger partial charge in [-0.3, -0.25) is 4.99 Å². The molecule has 2 unspecified atom stereocenters. The number of hydrogen-bond acceptors (Lipinski definition) is 6. The third-order valence-electron chi connectivity index (χ3n) is 5.06. The number of piperidine rings is 1. The van der Waals surface area contributed by atoms with Gasteiger partial charge in [-0.25, -0.2) is 0 Å². The van der Waals surface area contributed by atoms with Gasteiger partial charge >= 0.3 is 0 Å². The summed E-state index contributed by atoms with van der Waals surface area (Å²) < 4.78 is 10.8. The summed E-state index contributed by atoms with van der Waals surface area (Å²) in [6, 6.07) is 9.05. The number of guanidine groups is 1.